The number of amides is 1. The number of carbonyl (C=O) groups excluding carboxylic acids is 1. The number of aromatic nitrogens is 3. The second-order valence-electron chi connectivity index (χ2n) is 3.60. The van der Waals surface area contributed by atoms with Gasteiger partial charge < -0.3 is 15.2 Å². The minimum atomic E-state index is -0.379. The summed E-state index contributed by atoms with van der Waals surface area (Å²) in [5.41, 5.74) is 0.217. The summed E-state index contributed by atoms with van der Waals surface area (Å²) in [5.74, 6) is 1.16. The molecule has 94 valence electrons. The minimum Gasteiger partial charge on any atom is -0.369 e. The van der Waals surface area contributed by atoms with Crippen molar-refractivity contribution in [1.82, 2.24) is 15.1 Å². The topological polar surface area (TPSA) is 92.9 Å². The van der Waals surface area contributed by atoms with E-state index in [2.05, 4.69) is 25.8 Å². The van der Waals surface area contributed by atoms with Crippen LogP contribution in [0.25, 0.3) is 0 Å². The number of hydrogen-bond donors (Lipinski definition) is 2. The molecule has 0 bridgehead atoms. The summed E-state index contributed by atoms with van der Waals surface area (Å²) in [6, 6.07) is 1.62. The summed E-state index contributed by atoms with van der Waals surface area (Å²) in [6.07, 6.45) is 2.95. The molecule has 0 aliphatic heterocycles. The molecule has 0 spiro atoms. The van der Waals surface area contributed by atoms with Crippen molar-refractivity contribution in [3.63, 3.8) is 0 Å². The lowest BCUT2D eigenvalue weighted by Gasteiger charge is -2.04. The molecule has 18 heavy (non-hydrogen) atoms. The van der Waals surface area contributed by atoms with Gasteiger partial charge in [-0.05, 0) is 13.8 Å². The molecule has 2 aromatic rings. The molecule has 2 aromatic heterocycles. The van der Waals surface area contributed by atoms with E-state index in [9.17, 15) is 4.79 Å². The molecule has 0 aromatic carbocycles. The van der Waals surface area contributed by atoms with Crippen LogP contribution in [0.2, 0.25) is 0 Å². The van der Waals surface area contributed by atoms with E-state index in [0.29, 0.717) is 23.9 Å². The van der Waals surface area contributed by atoms with Crippen molar-refractivity contribution in [3.8, 4) is 0 Å². The average molecular weight is 247 g/mol. The summed E-state index contributed by atoms with van der Waals surface area (Å²) in [7, 11) is 0. The largest absolute Gasteiger partial charge is 0.369 e. The highest BCUT2D eigenvalue weighted by Crippen LogP contribution is 2.09. The van der Waals surface area contributed by atoms with Crippen molar-refractivity contribution >= 4 is 17.5 Å². The molecule has 0 fully saturated rings. The van der Waals surface area contributed by atoms with E-state index in [1.165, 1.54) is 6.20 Å². The van der Waals surface area contributed by atoms with Gasteiger partial charge in [0.15, 0.2) is 5.82 Å². The summed E-state index contributed by atoms with van der Waals surface area (Å²) in [4.78, 5) is 19.9. The van der Waals surface area contributed by atoms with Crippen LogP contribution < -0.4 is 10.6 Å². The molecule has 0 aliphatic carbocycles. The first-order chi connectivity index (χ1) is 8.69. The van der Waals surface area contributed by atoms with Gasteiger partial charge in [0.2, 0.25) is 0 Å². The highest BCUT2D eigenvalue weighted by atomic mass is 16.5. The zero-order valence-electron chi connectivity index (χ0n) is 10.1. The molecular formula is C11H13N5O2. The third-order valence-corrected chi connectivity index (χ3v) is 2.09. The quantitative estimate of drug-likeness (QED) is 0.849. The van der Waals surface area contributed by atoms with E-state index >= 15 is 0 Å². The molecule has 0 unspecified atom stereocenters. The Bertz CT molecular complexity index is 552. The third kappa shape index (κ3) is 2.82. The Hall–Kier alpha value is -2.44. The van der Waals surface area contributed by atoms with Gasteiger partial charge in [0, 0.05) is 12.6 Å². The molecule has 7 heteroatoms. The van der Waals surface area contributed by atoms with Gasteiger partial charge in [-0.1, -0.05) is 5.16 Å². The normalized spacial score (nSPS) is 10.1. The SMILES string of the molecule is CCNc1cncc(C(=O)Nc2cc(C)on2)n1. The van der Waals surface area contributed by atoms with Crippen LogP contribution in [0.5, 0.6) is 0 Å². The maximum absolute atomic E-state index is 11.9. The maximum atomic E-state index is 11.9. The van der Waals surface area contributed by atoms with Crippen molar-refractivity contribution in [3.05, 3.63) is 29.9 Å². The first-order valence-corrected chi connectivity index (χ1v) is 5.49. The van der Waals surface area contributed by atoms with Crippen LogP contribution in [0.3, 0.4) is 0 Å². The highest BCUT2D eigenvalue weighted by molar-refractivity contribution is 6.02. The third-order valence-electron chi connectivity index (χ3n) is 2.09. The van der Waals surface area contributed by atoms with E-state index in [1.807, 2.05) is 6.92 Å². The second-order valence-corrected chi connectivity index (χ2v) is 3.60. The van der Waals surface area contributed by atoms with E-state index in [4.69, 9.17) is 4.52 Å². The second kappa shape index (κ2) is 5.26. The van der Waals surface area contributed by atoms with E-state index < -0.39 is 0 Å². The minimum absolute atomic E-state index is 0.217. The van der Waals surface area contributed by atoms with E-state index in [1.54, 1.807) is 19.2 Å². The van der Waals surface area contributed by atoms with Gasteiger partial charge >= 0.3 is 0 Å². The smallest absolute Gasteiger partial charge is 0.277 e. The van der Waals surface area contributed by atoms with Gasteiger partial charge in [0.25, 0.3) is 5.91 Å². The van der Waals surface area contributed by atoms with Gasteiger partial charge in [-0.15, -0.1) is 0 Å². The fraction of sp³-hybridized carbons (Fsp3) is 0.273. The molecule has 0 saturated carbocycles. The summed E-state index contributed by atoms with van der Waals surface area (Å²) < 4.78 is 4.85. The molecule has 7 nitrogen and oxygen atoms in total. The van der Waals surface area contributed by atoms with Gasteiger partial charge in [-0.3, -0.25) is 9.78 Å². The average Bonchev–Trinajstić information content (AvgIpc) is 2.75. The van der Waals surface area contributed by atoms with Gasteiger partial charge in [-0.25, -0.2) is 4.98 Å². The van der Waals surface area contributed by atoms with Gasteiger partial charge in [-0.2, -0.15) is 0 Å². The molecule has 0 aliphatic rings. The van der Waals surface area contributed by atoms with Crippen LogP contribution in [0.1, 0.15) is 23.2 Å². The Morgan fingerprint density at radius 1 is 1.39 bits per heavy atom. The van der Waals surface area contributed by atoms with Crippen molar-refractivity contribution < 1.29 is 9.32 Å². The van der Waals surface area contributed by atoms with Gasteiger partial charge in [0.05, 0.1) is 12.4 Å². The number of nitrogens with zero attached hydrogens (tertiary/aromatic N) is 3. The Morgan fingerprint density at radius 3 is 2.89 bits per heavy atom. The molecule has 1 amide bonds. The lowest BCUT2D eigenvalue weighted by atomic mass is 10.4. The predicted octanol–water partition coefficient (Wildman–Crippen LogP) is 1.46. The molecule has 0 atom stereocenters. The summed E-state index contributed by atoms with van der Waals surface area (Å²) >= 11 is 0. The zero-order chi connectivity index (χ0) is 13.0. The number of hydrogen-bond acceptors (Lipinski definition) is 6. The number of anilines is 2. The predicted molar refractivity (Wildman–Crippen MR) is 65.4 cm³/mol. The maximum Gasteiger partial charge on any atom is 0.277 e. The lowest BCUT2D eigenvalue weighted by Crippen LogP contribution is -2.15. The molecule has 2 heterocycles. The first kappa shape index (κ1) is 12.0. The van der Waals surface area contributed by atoms with Gasteiger partial charge in [0.1, 0.15) is 17.3 Å². The molecule has 0 saturated heterocycles. The van der Waals surface area contributed by atoms with Crippen molar-refractivity contribution in [2.45, 2.75) is 13.8 Å². The van der Waals surface area contributed by atoms with Crippen LogP contribution in [0.4, 0.5) is 11.6 Å². The first-order valence-electron chi connectivity index (χ1n) is 5.49. The Morgan fingerprint density at radius 2 is 2.22 bits per heavy atom. The van der Waals surface area contributed by atoms with Crippen LogP contribution in [-0.4, -0.2) is 27.6 Å². The van der Waals surface area contributed by atoms with Crippen LogP contribution in [-0.2, 0) is 0 Å². The van der Waals surface area contributed by atoms with Crippen molar-refractivity contribution in [1.29, 1.82) is 0 Å². The number of rotatable bonds is 4. The Kier molecular flexibility index (Phi) is 3.52. The fourth-order valence-corrected chi connectivity index (χ4v) is 1.35. The molecule has 2 rings (SSSR count). The lowest BCUT2D eigenvalue weighted by molar-refractivity contribution is 0.102. The molecule has 2 N–H and O–H groups in total. The number of nitrogens with one attached hydrogen (secondary N) is 2. The Balaban J connectivity index is 2.11. The van der Waals surface area contributed by atoms with Crippen LogP contribution in [0, 0.1) is 6.92 Å². The standard InChI is InChI=1S/C11H13N5O2/c1-3-13-10-6-12-5-8(14-10)11(17)15-9-4-7(2)18-16-9/h4-6H,3H2,1-2H3,(H,13,14)(H,15,16,17). The van der Waals surface area contributed by atoms with Crippen molar-refractivity contribution in [2.75, 3.05) is 17.2 Å². The monoisotopic (exact) mass is 247 g/mol. The highest BCUT2D eigenvalue weighted by Gasteiger charge is 2.11. The van der Waals surface area contributed by atoms with Crippen LogP contribution >= 0.6 is 0 Å². The summed E-state index contributed by atoms with van der Waals surface area (Å²) in [6.45, 7) is 4.39. The summed E-state index contributed by atoms with van der Waals surface area (Å²) in [5, 5.41) is 9.23. The van der Waals surface area contributed by atoms with Crippen LogP contribution in [0.15, 0.2) is 23.0 Å². The van der Waals surface area contributed by atoms with E-state index in [0.717, 1.165) is 0 Å². The zero-order valence-corrected chi connectivity index (χ0v) is 10.1. The molecular weight excluding hydrogens is 234 g/mol. The van der Waals surface area contributed by atoms with E-state index in [-0.39, 0.29) is 11.6 Å². The number of carbonyl (C=O) groups is 1. The number of aryl methyl sites for hydroxylation is 1. The Labute approximate surface area is 104 Å². The fourth-order valence-electron chi connectivity index (χ4n) is 1.35. The van der Waals surface area contributed by atoms with Crippen molar-refractivity contribution in [2.24, 2.45) is 0 Å². The molecule has 0 radical (unpaired) electrons.